The van der Waals surface area contributed by atoms with E-state index in [1.165, 1.54) is 19.1 Å². The van der Waals surface area contributed by atoms with Crippen LogP contribution in [0.1, 0.15) is 31.9 Å². The van der Waals surface area contributed by atoms with Crippen LogP contribution in [-0.4, -0.2) is 12.0 Å². The molecule has 4 heteroatoms. The lowest BCUT2D eigenvalue weighted by Gasteiger charge is -2.22. The highest BCUT2D eigenvalue weighted by atomic mass is 19.4. The molecule has 0 heterocycles. The Morgan fingerprint density at radius 3 is 2.29 bits per heavy atom. The maximum Gasteiger partial charge on any atom is 0.393 e. The third kappa shape index (κ3) is 3.58. The van der Waals surface area contributed by atoms with Gasteiger partial charge in [0.25, 0.3) is 0 Å². The van der Waals surface area contributed by atoms with Gasteiger partial charge in [-0.1, -0.05) is 24.3 Å². The minimum absolute atomic E-state index is 0.0679. The number of carbonyl (C=O) groups is 1. The van der Waals surface area contributed by atoms with E-state index < -0.39 is 18.0 Å². The second-order valence-electron chi connectivity index (χ2n) is 4.67. The van der Waals surface area contributed by atoms with Crippen LogP contribution >= 0.6 is 0 Å². The molecule has 0 radical (unpaired) electrons. The zero-order valence-corrected chi connectivity index (χ0v) is 10.1. The van der Waals surface area contributed by atoms with Gasteiger partial charge < -0.3 is 0 Å². The fraction of sp³-hybridized carbons (Fsp3) is 0.462. The number of Topliss-reactive ketones (excluding diaryl/α,β-unsaturated/α-hetero) is 1. The van der Waals surface area contributed by atoms with Crippen molar-refractivity contribution in [2.24, 2.45) is 0 Å². The van der Waals surface area contributed by atoms with Crippen LogP contribution in [0.25, 0.3) is 0 Å². The van der Waals surface area contributed by atoms with Gasteiger partial charge in [-0.3, -0.25) is 4.79 Å². The SMILES string of the molecule is CC(=O)C(C)(C)c1cccc(CC(F)(F)F)c1. The van der Waals surface area contributed by atoms with Crippen molar-refractivity contribution in [1.29, 1.82) is 0 Å². The maximum absolute atomic E-state index is 12.3. The van der Waals surface area contributed by atoms with E-state index in [-0.39, 0.29) is 11.3 Å². The lowest BCUT2D eigenvalue weighted by molar-refractivity contribution is -0.127. The summed E-state index contributed by atoms with van der Waals surface area (Å²) in [5.74, 6) is -0.0679. The Labute approximate surface area is 98.6 Å². The summed E-state index contributed by atoms with van der Waals surface area (Å²) in [6.07, 6.45) is -5.19. The summed E-state index contributed by atoms with van der Waals surface area (Å²) in [7, 11) is 0. The number of benzene rings is 1. The highest BCUT2D eigenvalue weighted by Crippen LogP contribution is 2.27. The van der Waals surface area contributed by atoms with E-state index in [9.17, 15) is 18.0 Å². The second-order valence-corrected chi connectivity index (χ2v) is 4.67. The molecular weight excluding hydrogens is 229 g/mol. The largest absolute Gasteiger partial charge is 0.393 e. The van der Waals surface area contributed by atoms with Crippen LogP contribution in [0.15, 0.2) is 24.3 Å². The molecule has 1 aromatic carbocycles. The van der Waals surface area contributed by atoms with Crippen LogP contribution in [0, 0.1) is 0 Å². The van der Waals surface area contributed by atoms with Gasteiger partial charge in [-0.2, -0.15) is 13.2 Å². The van der Waals surface area contributed by atoms with E-state index in [1.807, 2.05) is 0 Å². The number of alkyl halides is 3. The number of rotatable bonds is 3. The lowest BCUT2D eigenvalue weighted by atomic mass is 9.80. The Morgan fingerprint density at radius 1 is 1.24 bits per heavy atom. The zero-order valence-electron chi connectivity index (χ0n) is 10.1. The van der Waals surface area contributed by atoms with Gasteiger partial charge in [-0.05, 0) is 31.9 Å². The summed E-state index contributed by atoms with van der Waals surface area (Å²) in [6.45, 7) is 4.86. The molecule has 1 nitrogen and oxygen atoms in total. The van der Waals surface area contributed by atoms with Crippen LogP contribution < -0.4 is 0 Å². The fourth-order valence-corrected chi connectivity index (χ4v) is 1.50. The minimum atomic E-state index is -4.22. The molecule has 0 unspecified atom stereocenters. The van der Waals surface area contributed by atoms with E-state index in [4.69, 9.17) is 0 Å². The maximum atomic E-state index is 12.3. The molecule has 0 aliphatic rings. The zero-order chi connectivity index (χ0) is 13.3. The molecule has 0 N–H and O–H groups in total. The first-order chi connectivity index (χ1) is 7.63. The summed E-state index contributed by atoms with van der Waals surface area (Å²) in [5.41, 5.74) is 0.0535. The van der Waals surface area contributed by atoms with E-state index >= 15 is 0 Å². The quantitative estimate of drug-likeness (QED) is 0.793. The Hall–Kier alpha value is -1.32. The molecule has 0 aliphatic carbocycles. The standard InChI is InChI=1S/C13H15F3O/c1-9(17)12(2,3)11-6-4-5-10(7-11)8-13(14,15)16/h4-7H,8H2,1-3H3. The average Bonchev–Trinajstić information content (AvgIpc) is 2.15. The van der Waals surface area contributed by atoms with Gasteiger partial charge in [0.1, 0.15) is 5.78 Å². The molecule has 0 bridgehead atoms. The molecule has 0 fully saturated rings. The molecule has 0 spiro atoms. The van der Waals surface area contributed by atoms with Crippen LogP contribution in [-0.2, 0) is 16.6 Å². The second kappa shape index (κ2) is 4.51. The molecule has 0 saturated carbocycles. The molecule has 0 amide bonds. The predicted octanol–water partition coefficient (Wildman–Crippen LogP) is 3.66. The molecule has 1 aromatic rings. The highest BCUT2D eigenvalue weighted by molar-refractivity contribution is 5.87. The molecule has 1 rings (SSSR count). The topological polar surface area (TPSA) is 17.1 Å². The predicted molar refractivity (Wildman–Crippen MR) is 59.9 cm³/mol. The smallest absolute Gasteiger partial charge is 0.299 e. The summed E-state index contributed by atoms with van der Waals surface area (Å²) >= 11 is 0. The van der Waals surface area contributed by atoms with Crippen molar-refractivity contribution in [1.82, 2.24) is 0 Å². The summed E-state index contributed by atoms with van der Waals surface area (Å²) in [4.78, 5) is 11.4. The number of carbonyl (C=O) groups excluding carboxylic acids is 1. The van der Waals surface area contributed by atoms with Gasteiger partial charge in [0.2, 0.25) is 0 Å². The number of ketones is 1. The van der Waals surface area contributed by atoms with E-state index in [0.717, 1.165) is 0 Å². The van der Waals surface area contributed by atoms with Gasteiger partial charge in [0.05, 0.1) is 6.42 Å². The Morgan fingerprint density at radius 2 is 1.82 bits per heavy atom. The first-order valence-corrected chi connectivity index (χ1v) is 5.30. The van der Waals surface area contributed by atoms with Crippen molar-refractivity contribution in [2.75, 3.05) is 0 Å². The first-order valence-electron chi connectivity index (χ1n) is 5.30. The molecular formula is C13H15F3O. The van der Waals surface area contributed by atoms with Crippen molar-refractivity contribution in [3.63, 3.8) is 0 Å². The van der Waals surface area contributed by atoms with E-state index in [0.29, 0.717) is 5.56 Å². The third-order valence-corrected chi connectivity index (χ3v) is 2.93. The monoisotopic (exact) mass is 244 g/mol. The van der Waals surface area contributed by atoms with Crippen LogP contribution in [0.3, 0.4) is 0 Å². The Balaban J connectivity index is 3.06. The van der Waals surface area contributed by atoms with E-state index in [1.54, 1.807) is 26.0 Å². The van der Waals surface area contributed by atoms with Gasteiger partial charge >= 0.3 is 6.18 Å². The molecule has 0 atom stereocenters. The number of hydrogen-bond donors (Lipinski definition) is 0. The molecule has 0 aliphatic heterocycles. The van der Waals surface area contributed by atoms with Crippen molar-refractivity contribution in [3.8, 4) is 0 Å². The molecule has 0 aromatic heterocycles. The van der Waals surface area contributed by atoms with Crippen molar-refractivity contribution in [2.45, 2.75) is 38.8 Å². The minimum Gasteiger partial charge on any atom is -0.299 e. The summed E-state index contributed by atoms with van der Waals surface area (Å²) in [6, 6.07) is 6.12. The van der Waals surface area contributed by atoms with Crippen molar-refractivity contribution < 1.29 is 18.0 Å². The summed E-state index contributed by atoms with van der Waals surface area (Å²) < 4.78 is 36.8. The highest BCUT2D eigenvalue weighted by Gasteiger charge is 2.30. The normalized spacial score (nSPS) is 12.6. The van der Waals surface area contributed by atoms with Crippen LogP contribution in [0.2, 0.25) is 0 Å². The first kappa shape index (κ1) is 13.7. The number of hydrogen-bond acceptors (Lipinski definition) is 1. The Bertz CT molecular complexity index is 419. The van der Waals surface area contributed by atoms with Gasteiger partial charge in [-0.25, -0.2) is 0 Å². The van der Waals surface area contributed by atoms with Crippen LogP contribution in [0.5, 0.6) is 0 Å². The molecule has 17 heavy (non-hydrogen) atoms. The molecule has 94 valence electrons. The van der Waals surface area contributed by atoms with Crippen LogP contribution in [0.4, 0.5) is 13.2 Å². The van der Waals surface area contributed by atoms with Gasteiger partial charge in [-0.15, -0.1) is 0 Å². The fourth-order valence-electron chi connectivity index (χ4n) is 1.50. The average molecular weight is 244 g/mol. The van der Waals surface area contributed by atoms with Gasteiger partial charge in [0.15, 0.2) is 0 Å². The number of halogens is 3. The molecule has 0 saturated heterocycles. The third-order valence-electron chi connectivity index (χ3n) is 2.93. The lowest BCUT2D eigenvalue weighted by Crippen LogP contribution is -2.26. The van der Waals surface area contributed by atoms with Gasteiger partial charge in [0, 0.05) is 5.41 Å². The van der Waals surface area contributed by atoms with E-state index in [2.05, 4.69) is 0 Å². The Kier molecular flexibility index (Phi) is 3.65. The van der Waals surface area contributed by atoms with Crippen molar-refractivity contribution in [3.05, 3.63) is 35.4 Å². The van der Waals surface area contributed by atoms with Crippen molar-refractivity contribution >= 4 is 5.78 Å². The summed E-state index contributed by atoms with van der Waals surface area (Å²) in [5, 5.41) is 0.